The summed E-state index contributed by atoms with van der Waals surface area (Å²) in [5.74, 6) is 0.141. The zero-order valence-corrected chi connectivity index (χ0v) is 9.13. The lowest BCUT2D eigenvalue weighted by atomic mass is 10.1. The number of ether oxygens (including phenoxy) is 1. The molecule has 0 bridgehead atoms. The molecule has 2 aliphatic rings. The molecule has 0 spiro atoms. The molecule has 1 atom stereocenters. The Morgan fingerprint density at radius 1 is 1.13 bits per heavy atom. The number of amides is 1. The third-order valence-electron chi connectivity index (χ3n) is 2.95. The SMILES string of the molecule is O=C(CNC1CCCOCC1)NC1CC1. The second kappa shape index (κ2) is 5.47. The van der Waals surface area contributed by atoms with Crippen molar-refractivity contribution in [3.63, 3.8) is 0 Å². The maximum Gasteiger partial charge on any atom is 0.234 e. The van der Waals surface area contributed by atoms with Crippen molar-refractivity contribution < 1.29 is 9.53 Å². The van der Waals surface area contributed by atoms with Crippen LogP contribution in [0.25, 0.3) is 0 Å². The fourth-order valence-electron chi connectivity index (χ4n) is 1.85. The minimum atomic E-state index is 0.141. The van der Waals surface area contributed by atoms with Crippen molar-refractivity contribution >= 4 is 5.91 Å². The monoisotopic (exact) mass is 212 g/mol. The number of rotatable bonds is 4. The first-order chi connectivity index (χ1) is 7.34. The summed E-state index contributed by atoms with van der Waals surface area (Å²) in [6.45, 7) is 2.15. The number of carbonyl (C=O) groups excluding carboxylic acids is 1. The van der Waals surface area contributed by atoms with E-state index in [1.807, 2.05) is 0 Å². The molecule has 1 aliphatic heterocycles. The standard InChI is InChI=1S/C11H20N2O2/c14-11(13-10-3-4-10)8-12-9-2-1-6-15-7-5-9/h9-10,12H,1-8H2,(H,13,14). The summed E-state index contributed by atoms with van der Waals surface area (Å²) in [6, 6.07) is 0.925. The summed E-state index contributed by atoms with van der Waals surface area (Å²) in [5.41, 5.74) is 0. The molecule has 1 saturated heterocycles. The van der Waals surface area contributed by atoms with E-state index in [1.54, 1.807) is 0 Å². The molecular formula is C11H20N2O2. The third kappa shape index (κ3) is 4.18. The van der Waals surface area contributed by atoms with Crippen LogP contribution in [0.3, 0.4) is 0 Å². The van der Waals surface area contributed by atoms with Gasteiger partial charge < -0.3 is 15.4 Å². The summed E-state index contributed by atoms with van der Waals surface area (Å²) in [7, 11) is 0. The van der Waals surface area contributed by atoms with Crippen LogP contribution in [0.2, 0.25) is 0 Å². The average Bonchev–Trinajstić information content (AvgIpc) is 3.01. The molecule has 1 aliphatic carbocycles. The molecule has 1 saturated carbocycles. The van der Waals surface area contributed by atoms with Crippen molar-refractivity contribution in [2.45, 2.75) is 44.2 Å². The van der Waals surface area contributed by atoms with Crippen LogP contribution in [0.15, 0.2) is 0 Å². The predicted molar refractivity (Wildman–Crippen MR) is 57.6 cm³/mol. The molecule has 0 radical (unpaired) electrons. The molecule has 15 heavy (non-hydrogen) atoms. The van der Waals surface area contributed by atoms with Gasteiger partial charge in [-0.1, -0.05) is 0 Å². The van der Waals surface area contributed by atoms with Crippen LogP contribution in [0.1, 0.15) is 32.1 Å². The molecule has 0 aromatic rings. The normalized spacial score (nSPS) is 27.1. The lowest BCUT2D eigenvalue weighted by Crippen LogP contribution is -2.40. The van der Waals surface area contributed by atoms with E-state index >= 15 is 0 Å². The summed E-state index contributed by atoms with van der Waals surface area (Å²) in [5, 5.41) is 6.28. The van der Waals surface area contributed by atoms with Gasteiger partial charge in [0.25, 0.3) is 0 Å². The Bertz CT molecular complexity index is 209. The van der Waals surface area contributed by atoms with Gasteiger partial charge in [-0.3, -0.25) is 4.79 Å². The summed E-state index contributed by atoms with van der Waals surface area (Å²) >= 11 is 0. The lowest BCUT2D eigenvalue weighted by molar-refractivity contribution is -0.120. The van der Waals surface area contributed by atoms with Crippen molar-refractivity contribution in [2.75, 3.05) is 19.8 Å². The van der Waals surface area contributed by atoms with Crippen LogP contribution >= 0.6 is 0 Å². The summed E-state index contributed by atoms with van der Waals surface area (Å²) in [6.07, 6.45) is 5.56. The summed E-state index contributed by atoms with van der Waals surface area (Å²) < 4.78 is 5.37. The number of carbonyl (C=O) groups is 1. The van der Waals surface area contributed by atoms with Gasteiger partial charge in [-0.25, -0.2) is 0 Å². The topological polar surface area (TPSA) is 50.4 Å². The lowest BCUT2D eigenvalue weighted by Gasteiger charge is -2.15. The second-order valence-corrected chi connectivity index (χ2v) is 4.46. The molecule has 1 amide bonds. The Hall–Kier alpha value is -0.610. The molecule has 1 heterocycles. The fraction of sp³-hybridized carbons (Fsp3) is 0.909. The minimum absolute atomic E-state index is 0.141. The fourth-order valence-corrected chi connectivity index (χ4v) is 1.85. The van der Waals surface area contributed by atoms with Crippen LogP contribution in [0.4, 0.5) is 0 Å². The van der Waals surface area contributed by atoms with Crippen LogP contribution in [-0.2, 0) is 9.53 Å². The first kappa shape index (κ1) is 10.9. The predicted octanol–water partition coefficient (Wildman–Crippen LogP) is 0.424. The Kier molecular flexibility index (Phi) is 3.97. The highest BCUT2D eigenvalue weighted by molar-refractivity contribution is 5.78. The van der Waals surface area contributed by atoms with Gasteiger partial charge in [0.15, 0.2) is 0 Å². The zero-order valence-electron chi connectivity index (χ0n) is 9.13. The van der Waals surface area contributed by atoms with E-state index in [0.717, 1.165) is 45.3 Å². The van der Waals surface area contributed by atoms with E-state index in [1.165, 1.54) is 0 Å². The van der Waals surface area contributed by atoms with Crippen molar-refractivity contribution in [1.29, 1.82) is 0 Å². The smallest absolute Gasteiger partial charge is 0.234 e. The summed E-state index contributed by atoms with van der Waals surface area (Å²) in [4.78, 5) is 11.4. The van der Waals surface area contributed by atoms with Crippen molar-refractivity contribution in [3.05, 3.63) is 0 Å². The van der Waals surface area contributed by atoms with Gasteiger partial charge in [0.05, 0.1) is 6.54 Å². The van der Waals surface area contributed by atoms with E-state index in [0.29, 0.717) is 18.6 Å². The van der Waals surface area contributed by atoms with Crippen molar-refractivity contribution in [2.24, 2.45) is 0 Å². The molecule has 4 nitrogen and oxygen atoms in total. The van der Waals surface area contributed by atoms with Crippen LogP contribution in [0.5, 0.6) is 0 Å². The highest BCUT2D eigenvalue weighted by Crippen LogP contribution is 2.18. The molecule has 86 valence electrons. The Morgan fingerprint density at radius 2 is 2.00 bits per heavy atom. The largest absolute Gasteiger partial charge is 0.381 e. The maximum absolute atomic E-state index is 11.4. The van der Waals surface area contributed by atoms with E-state index in [-0.39, 0.29) is 5.91 Å². The van der Waals surface area contributed by atoms with E-state index in [4.69, 9.17) is 4.74 Å². The quantitative estimate of drug-likeness (QED) is 0.710. The van der Waals surface area contributed by atoms with Gasteiger partial charge in [0.1, 0.15) is 0 Å². The van der Waals surface area contributed by atoms with Gasteiger partial charge >= 0.3 is 0 Å². The molecule has 4 heteroatoms. The second-order valence-electron chi connectivity index (χ2n) is 4.46. The average molecular weight is 212 g/mol. The molecule has 1 unspecified atom stereocenters. The number of hydrogen-bond acceptors (Lipinski definition) is 3. The first-order valence-corrected chi connectivity index (χ1v) is 5.95. The van der Waals surface area contributed by atoms with Crippen molar-refractivity contribution in [1.82, 2.24) is 10.6 Å². The highest BCUT2D eigenvalue weighted by atomic mass is 16.5. The van der Waals surface area contributed by atoms with E-state index in [2.05, 4.69) is 10.6 Å². The first-order valence-electron chi connectivity index (χ1n) is 5.95. The minimum Gasteiger partial charge on any atom is -0.381 e. The molecule has 2 rings (SSSR count). The van der Waals surface area contributed by atoms with Crippen LogP contribution < -0.4 is 10.6 Å². The van der Waals surface area contributed by atoms with Gasteiger partial charge in [-0.2, -0.15) is 0 Å². The van der Waals surface area contributed by atoms with E-state index < -0.39 is 0 Å². The van der Waals surface area contributed by atoms with Gasteiger partial charge in [0, 0.05) is 25.3 Å². The van der Waals surface area contributed by atoms with Gasteiger partial charge in [-0.15, -0.1) is 0 Å². The number of nitrogens with one attached hydrogen (secondary N) is 2. The molecular weight excluding hydrogens is 192 g/mol. The Balaban J connectivity index is 1.60. The maximum atomic E-state index is 11.4. The van der Waals surface area contributed by atoms with Gasteiger partial charge in [0.2, 0.25) is 5.91 Å². The van der Waals surface area contributed by atoms with Crippen LogP contribution in [0, 0.1) is 0 Å². The molecule has 2 fully saturated rings. The van der Waals surface area contributed by atoms with Gasteiger partial charge in [-0.05, 0) is 32.1 Å². The van der Waals surface area contributed by atoms with E-state index in [9.17, 15) is 4.79 Å². The Labute approximate surface area is 90.8 Å². The number of hydrogen-bond donors (Lipinski definition) is 2. The zero-order chi connectivity index (χ0) is 10.5. The molecule has 2 N–H and O–H groups in total. The van der Waals surface area contributed by atoms with Crippen molar-refractivity contribution in [3.8, 4) is 0 Å². The third-order valence-corrected chi connectivity index (χ3v) is 2.95. The Morgan fingerprint density at radius 3 is 2.80 bits per heavy atom. The molecule has 0 aromatic carbocycles. The highest BCUT2D eigenvalue weighted by Gasteiger charge is 2.23. The van der Waals surface area contributed by atoms with Crippen LogP contribution in [-0.4, -0.2) is 37.7 Å². The molecule has 0 aromatic heterocycles.